The molecule has 1 aliphatic heterocycles. The van der Waals surface area contributed by atoms with Gasteiger partial charge in [-0.1, -0.05) is 0 Å². The summed E-state index contributed by atoms with van der Waals surface area (Å²) in [5.41, 5.74) is 0.618. The van der Waals surface area contributed by atoms with Gasteiger partial charge in [0, 0.05) is 6.54 Å². The van der Waals surface area contributed by atoms with Crippen LogP contribution in [0.15, 0.2) is 6.20 Å². The summed E-state index contributed by atoms with van der Waals surface area (Å²) in [5.74, 6) is 0.636. The average Bonchev–Trinajstić information content (AvgIpc) is 2.17. The number of likely N-dealkylation sites (N-methyl/N-ethyl adjacent to an activating group) is 1. The summed E-state index contributed by atoms with van der Waals surface area (Å²) in [4.78, 5) is 21.0. The molecule has 5 nitrogen and oxygen atoms in total. The highest BCUT2D eigenvalue weighted by Crippen LogP contribution is 2.26. The third kappa shape index (κ3) is 1.50. The molecule has 1 N–H and O–H groups in total. The number of halogens is 1. The van der Waals surface area contributed by atoms with Crippen molar-refractivity contribution in [2.45, 2.75) is 6.92 Å². The van der Waals surface area contributed by atoms with E-state index in [0.29, 0.717) is 24.6 Å². The van der Waals surface area contributed by atoms with Gasteiger partial charge in [-0.25, -0.2) is 4.98 Å². The minimum atomic E-state index is -0.0507. The maximum atomic E-state index is 11.2. The highest BCUT2D eigenvalue weighted by Gasteiger charge is 2.22. The largest absolute Gasteiger partial charge is 0.346 e. The van der Waals surface area contributed by atoms with E-state index in [1.807, 2.05) is 11.8 Å². The van der Waals surface area contributed by atoms with Crippen molar-refractivity contribution in [2.24, 2.45) is 0 Å². The maximum absolute atomic E-state index is 11.2. The Morgan fingerprint density at radius 2 is 2.50 bits per heavy atom. The molecule has 0 unspecified atom stereocenters. The predicted octanol–water partition coefficient (Wildman–Crippen LogP) is 0.908. The highest BCUT2D eigenvalue weighted by molar-refractivity contribution is 6.28. The molecular formula is C8H9ClN4O. The fourth-order valence-electron chi connectivity index (χ4n) is 1.38. The number of hydrogen-bond donors (Lipinski definition) is 1. The van der Waals surface area contributed by atoms with E-state index in [4.69, 9.17) is 11.6 Å². The second-order valence-electron chi connectivity index (χ2n) is 2.94. The van der Waals surface area contributed by atoms with Crippen LogP contribution in [0.4, 0.5) is 11.5 Å². The Labute approximate surface area is 86.1 Å². The van der Waals surface area contributed by atoms with Gasteiger partial charge in [-0.3, -0.25) is 4.79 Å². The molecule has 0 saturated carbocycles. The van der Waals surface area contributed by atoms with Crippen LogP contribution in [0.25, 0.3) is 0 Å². The number of aromatic nitrogens is 2. The number of nitrogens with one attached hydrogen (secondary N) is 1. The Morgan fingerprint density at radius 3 is 3.21 bits per heavy atom. The zero-order valence-electron chi connectivity index (χ0n) is 7.62. The first-order chi connectivity index (χ1) is 6.70. The van der Waals surface area contributed by atoms with Crippen LogP contribution in [0.5, 0.6) is 0 Å². The molecule has 0 bridgehead atoms. The van der Waals surface area contributed by atoms with Crippen molar-refractivity contribution >= 4 is 29.0 Å². The summed E-state index contributed by atoms with van der Waals surface area (Å²) in [6.07, 6.45) is 1.52. The molecule has 1 amide bonds. The molecule has 6 heteroatoms. The summed E-state index contributed by atoms with van der Waals surface area (Å²) < 4.78 is 0. The van der Waals surface area contributed by atoms with Gasteiger partial charge < -0.3 is 10.2 Å². The Morgan fingerprint density at radius 1 is 1.71 bits per heavy atom. The fraction of sp³-hybridized carbons (Fsp3) is 0.375. The molecule has 0 fully saturated rings. The van der Waals surface area contributed by atoms with Crippen molar-refractivity contribution in [1.29, 1.82) is 0 Å². The summed E-state index contributed by atoms with van der Waals surface area (Å²) in [5, 5.41) is 2.88. The van der Waals surface area contributed by atoms with Crippen LogP contribution >= 0.6 is 11.6 Å². The normalized spacial score (nSPS) is 15.0. The monoisotopic (exact) mass is 212 g/mol. The highest BCUT2D eigenvalue weighted by atomic mass is 35.5. The summed E-state index contributed by atoms with van der Waals surface area (Å²) >= 11 is 5.67. The topological polar surface area (TPSA) is 58.1 Å². The first kappa shape index (κ1) is 9.21. The number of carbonyl (C=O) groups excluding carboxylic acids is 1. The van der Waals surface area contributed by atoms with E-state index in [0.717, 1.165) is 0 Å². The van der Waals surface area contributed by atoms with Crippen LogP contribution in [-0.2, 0) is 4.79 Å². The van der Waals surface area contributed by atoms with Gasteiger partial charge in [-0.05, 0) is 18.5 Å². The minimum absolute atomic E-state index is 0.0507. The standard InChI is InChI=1S/C8H9ClN4O/c1-2-13-4-6(14)11-5-3-10-8(9)12-7(5)13/h3H,2,4H2,1H3,(H,11,14). The number of rotatable bonds is 1. The van der Waals surface area contributed by atoms with E-state index in [1.165, 1.54) is 6.20 Å². The number of hydrogen-bond acceptors (Lipinski definition) is 4. The molecule has 0 saturated heterocycles. The van der Waals surface area contributed by atoms with Crippen LogP contribution in [0.3, 0.4) is 0 Å². The van der Waals surface area contributed by atoms with Crippen LogP contribution < -0.4 is 10.2 Å². The Bertz CT molecular complexity index is 382. The van der Waals surface area contributed by atoms with Gasteiger partial charge in [0.25, 0.3) is 0 Å². The van der Waals surface area contributed by atoms with Gasteiger partial charge in [-0.2, -0.15) is 4.98 Å². The van der Waals surface area contributed by atoms with E-state index in [1.54, 1.807) is 0 Å². The molecular weight excluding hydrogens is 204 g/mol. The Balaban J connectivity index is 2.46. The predicted molar refractivity (Wildman–Crippen MR) is 53.6 cm³/mol. The van der Waals surface area contributed by atoms with Crippen molar-refractivity contribution in [3.05, 3.63) is 11.5 Å². The minimum Gasteiger partial charge on any atom is -0.346 e. The lowest BCUT2D eigenvalue weighted by Crippen LogP contribution is -2.38. The molecule has 2 heterocycles. The third-order valence-corrected chi connectivity index (χ3v) is 2.21. The van der Waals surface area contributed by atoms with E-state index < -0.39 is 0 Å². The zero-order chi connectivity index (χ0) is 10.1. The number of amides is 1. The molecule has 2 rings (SSSR count). The summed E-state index contributed by atoms with van der Waals surface area (Å²) in [7, 11) is 0. The van der Waals surface area contributed by atoms with Crippen molar-refractivity contribution in [3.8, 4) is 0 Å². The summed E-state index contributed by atoms with van der Waals surface area (Å²) in [6.45, 7) is 2.99. The number of nitrogens with zero attached hydrogens (tertiary/aromatic N) is 3. The van der Waals surface area contributed by atoms with Crippen molar-refractivity contribution in [1.82, 2.24) is 9.97 Å². The molecule has 1 aliphatic rings. The van der Waals surface area contributed by atoms with Gasteiger partial charge in [0.2, 0.25) is 11.2 Å². The lowest BCUT2D eigenvalue weighted by molar-refractivity contribution is -0.115. The molecule has 1 aromatic rings. The molecule has 0 atom stereocenters. The first-order valence-corrected chi connectivity index (χ1v) is 4.66. The van der Waals surface area contributed by atoms with Crippen molar-refractivity contribution in [3.63, 3.8) is 0 Å². The number of anilines is 2. The number of carbonyl (C=O) groups is 1. The van der Waals surface area contributed by atoms with Crippen molar-refractivity contribution in [2.75, 3.05) is 23.3 Å². The SMILES string of the molecule is CCN1CC(=O)Nc2cnc(Cl)nc21. The fourth-order valence-corrected chi connectivity index (χ4v) is 1.51. The van der Waals surface area contributed by atoms with Gasteiger partial charge >= 0.3 is 0 Å². The molecule has 0 aliphatic carbocycles. The Hall–Kier alpha value is -1.36. The second-order valence-corrected chi connectivity index (χ2v) is 3.28. The molecule has 0 aromatic carbocycles. The Kier molecular flexibility index (Phi) is 2.25. The maximum Gasteiger partial charge on any atom is 0.244 e. The zero-order valence-corrected chi connectivity index (χ0v) is 8.38. The quantitative estimate of drug-likeness (QED) is 0.703. The van der Waals surface area contributed by atoms with Gasteiger partial charge in [0.1, 0.15) is 5.69 Å². The third-order valence-electron chi connectivity index (χ3n) is 2.03. The lowest BCUT2D eigenvalue weighted by Gasteiger charge is -2.27. The number of fused-ring (bicyclic) bond motifs is 1. The van der Waals surface area contributed by atoms with Crippen LogP contribution in [0.2, 0.25) is 5.28 Å². The average molecular weight is 213 g/mol. The van der Waals surface area contributed by atoms with E-state index in [9.17, 15) is 4.79 Å². The molecule has 14 heavy (non-hydrogen) atoms. The first-order valence-electron chi connectivity index (χ1n) is 4.28. The van der Waals surface area contributed by atoms with E-state index in [2.05, 4.69) is 15.3 Å². The van der Waals surface area contributed by atoms with Gasteiger partial charge in [0.05, 0.1) is 12.7 Å². The van der Waals surface area contributed by atoms with Gasteiger partial charge in [0.15, 0.2) is 5.82 Å². The smallest absolute Gasteiger partial charge is 0.244 e. The lowest BCUT2D eigenvalue weighted by atomic mass is 10.3. The molecule has 1 aromatic heterocycles. The van der Waals surface area contributed by atoms with Crippen molar-refractivity contribution < 1.29 is 4.79 Å². The van der Waals surface area contributed by atoms with Crippen LogP contribution in [0, 0.1) is 0 Å². The molecule has 0 radical (unpaired) electrons. The summed E-state index contributed by atoms with van der Waals surface area (Å²) in [6, 6.07) is 0. The van der Waals surface area contributed by atoms with Crippen LogP contribution in [-0.4, -0.2) is 29.0 Å². The second kappa shape index (κ2) is 3.42. The van der Waals surface area contributed by atoms with E-state index >= 15 is 0 Å². The van der Waals surface area contributed by atoms with E-state index in [-0.39, 0.29) is 11.2 Å². The van der Waals surface area contributed by atoms with Gasteiger partial charge in [-0.15, -0.1) is 0 Å². The molecule has 0 spiro atoms. The molecule has 74 valence electrons. The van der Waals surface area contributed by atoms with Crippen LogP contribution in [0.1, 0.15) is 6.92 Å².